The molecule has 2 aromatic rings. The second kappa shape index (κ2) is 6.64. The SMILES string of the molecule is C#Cc1cccc(N(CC)C(=O)Cn2cc(S(N)(=O)=O)cn2)c1. The van der Waals surface area contributed by atoms with Gasteiger partial charge in [-0.2, -0.15) is 5.10 Å². The maximum Gasteiger partial charge on any atom is 0.248 e. The Kier molecular flexibility index (Phi) is 4.83. The molecule has 1 aromatic carbocycles. The Balaban J connectivity index is 2.20. The average molecular weight is 332 g/mol. The van der Waals surface area contributed by atoms with Gasteiger partial charge in [-0.1, -0.05) is 12.0 Å². The smallest absolute Gasteiger partial charge is 0.248 e. The molecule has 0 spiro atoms. The number of nitrogens with two attached hydrogens (primary N) is 1. The van der Waals surface area contributed by atoms with Crippen molar-refractivity contribution in [2.45, 2.75) is 18.4 Å². The second-order valence-electron chi connectivity index (χ2n) is 4.75. The van der Waals surface area contributed by atoms with Crippen LogP contribution in [0, 0.1) is 12.3 Å². The van der Waals surface area contributed by atoms with Gasteiger partial charge in [0.05, 0.1) is 6.20 Å². The van der Waals surface area contributed by atoms with Crippen LogP contribution >= 0.6 is 0 Å². The molecule has 8 heteroatoms. The summed E-state index contributed by atoms with van der Waals surface area (Å²) in [5, 5.41) is 8.86. The fraction of sp³-hybridized carbons (Fsp3) is 0.200. The minimum absolute atomic E-state index is 0.107. The first-order valence-electron chi connectivity index (χ1n) is 6.77. The first-order valence-corrected chi connectivity index (χ1v) is 8.32. The minimum Gasteiger partial charge on any atom is -0.311 e. The molecule has 0 bridgehead atoms. The summed E-state index contributed by atoms with van der Waals surface area (Å²) >= 11 is 0. The normalized spacial score (nSPS) is 11.0. The van der Waals surface area contributed by atoms with Gasteiger partial charge in [0.15, 0.2) is 0 Å². The number of nitrogens with zero attached hydrogens (tertiary/aromatic N) is 3. The number of likely N-dealkylation sites (N-methyl/N-ethyl adjacent to an activating group) is 1. The fourth-order valence-electron chi connectivity index (χ4n) is 2.07. The summed E-state index contributed by atoms with van der Waals surface area (Å²) < 4.78 is 23.7. The molecule has 120 valence electrons. The van der Waals surface area contributed by atoms with Gasteiger partial charge in [-0.15, -0.1) is 6.42 Å². The molecule has 2 rings (SSSR count). The number of hydrogen-bond acceptors (Lipinski definition) is 4. The molecule has 0 aliphatic heterocycles. The van der Waals surface area contributed by atoms with E-state index in [2.05, 4.69) is 11.0 Å². The van der Waals surface area contributed by atoms with Crippen LogP contribution in [0.25, 0.3) is 0 Å². The van der Waals surface area contributed by atoms with Crippen LogP contribution in [0.2, 0.25) is 0 Å². The maximum atomic E-state index is 12.4. The highest BCUT2D eigenvalue weighted by atomic mass is 32.2. The van der Waals surface area contributed by atoms with Crippen molar-refractivity contribution in [2.75, 3.05) is 11.4 Å². The van der Waals surface area contributed by atoms with E-state index in [0.29, 0.717) is 17.8 Å². The summed E-state index contributed by atoms with van der Waals surface area (Å²) in [7, 11) is -3.84. The summed E-state index contributed by atoms with van der Waals surface area (Å²) in [6.45, 7) is 2.17. The quantitative estimate of drug-likeness (QED) is 0.809. The van der Waals surface area contributed by atoms with Crippen LogP contribution < -0.4 is 10.0 Å². The topological polar surface area (TPSA) is 98.3 Å². The lowest BCUT2D eigenvalue weighted by atomic mass is 10.2. The van der Waals surface area contributed by atoms with Crippen molar-refractivity contribution >= 4 is 21.6 Å². The van der Waals surface area contributed by atoms with Gasteiger partial charge < -0.3 is 4.90 Å². The molecule has 2 N–H and O–H groups in total. The molecule has 0 saturated heterocycles. The summed E-state index contributed by atoms with van der Waals surface area (Å²) in [6.07, 6.45) is 7.70. The Bertz CT molecular complexity index is 865. The van der Waals surface area contributed by atoms with Crippen molar-refractivity contribution < 1.29 is 13.2 Å². The average Bonchev–Trinajstić information content (AvgIpc) is 2.97. The van der Waals surface area contributed by atoms with Crippen LogP contribution in [0.5, 0.6) is 0 Å². The van der Waals surface area contributed by atoms with Gasteiger partial charge in [-0.3, -0.25) is 9.48 Å². The number of hydrogen-bond donors (Lipinski definition) is 1. The molecule has 0 aliphatic carbocycles. The van der Waals surface area contributed by atoms with Gasteiger partial charge in [0.2, 0.25) is 15.9 Å². The third-order valence-electron chi connectivity index (χ3n) is 3.18. The number of sulfonamides is 1. The number of terminal acetylenes is 1. The first-order chi connectivity index (χ1) is 10.8. The summed E-state index contributed by atoms with van der Waals surface area (Å²) in [5.74, 6) is 2.27. The van der Waals surface area contributed by atoms with Gasteiger partial charge in [-0.25, -0.2) is 13.6 Å². The first kappa shape index (κ1) is 16.7. The number of carbonyl (C=O) groups is 1. The fourth-order valence-corrected chi connectivity index (χ4v) is 2.53. The molecular weight excluding hydrogens is 316 g/mol. The lowest BCUT2D eigenvalue weighted by Crippen LogP contribution is -2.33. The Morgan fingerprint density at radius 1 is 1.48 bits per heavy atom. The summed E-state index contributed by atoms with van der Waals surface area (Å²) in [4.78, 5) is 13.8. The number of primary sulfonamides is 1. The van der Waals surface area contributed by atoms with E-state index in [-0.39, 0.29) is 17.3 Å². The van der Waals surface area contributed by atoms with Crippen LogP contribution in [0.3, 0.4) is 0 Å². The van der Waals surface area contributed by atoms with E-state index in [0.717, 1.165) is 6.20 Å². The summed E-state index contributed by atoms with van der Waals surface area (Å²) in [6, 6.07) is 7.06. The van der Waals surface area contributed by atoms with Crippen LogP contribution in [-0.4, -0.2) is 30.7 Å². The Hall–Kier alpha value is -2.63. The van der Waals surface area contributed by atoms with Gasteiger partial charge in [-0.05, 0) is 25.1 Å². The van der Waals surface area contributed by atoms with Crippen LogP contribution in [0.4, 0.5) is 5.69 Å². The molecule has 0 atom stereocenters. The van der Waals surface area contributed by atoms with E-state index in [1.807, 2.05) is 6.92 Å². The number of anilines is 1. The standard InChI is InChI=1S/C15H16N4O3S/c1-3-12-6-5-7-13(8-12)19(4-2)15(20)11-18-10-14(9-17-18)23(16,21)22/h1,5-10H,4,11H2,2H3,(H2,16,21,22). The van der Waals surface area contributed by atoms with Crippen molar-refractivity contribution in [1.82, 2.24) is 9.78 Å². The molecular formula is C15H16N4O3S. The molecule has 1 heterocycles. The van der Waals surface area contributed by atoms with E-state index in [4.69, 9.17) is 11.6 Å². The van der Waals surface area contributed by atoms with Gasteiger partial charge in [0.1, 0.15) is 11.4 Å². The van der Waals surface area contributed by atoms with Crippen molar-refractivity contribution in [3.05, 3.63) is 42.2 Å². The van der Waals surface area contributed by atoms with E-state index in [1.165, 1.54) is 10.9 Å². The Morgan fingerprint density at radius 3 is 2.78 bits per heavy atom. The lowest BCUT2D eigenvalue weighted by molar-refractivity contribution is -0.119. The summed E-state index contributed by atoms with van der Waals surface area (Å²) in [5.41, 5.74) is 1.34. The van der Waals surface area contributed by atoms with Crippen LogP contribution in [-0.2, 0) is 21.4 Å². The molecule has 0 unspecified atom stereocenters. The van der Waals surface area contributed by atoms with Gasteiger partial charge >= 0.3 is 0 Å². The molecule has 23 heavy (non-hydrogen) atoms. The zero-order valence-corrected chi connectivity index (χ0v) is 13.3. The molecule has 1 amide bonds. The van der Waals surface area contributed by atoms with E-state index in [1.54, 1.807) is 29.2 Å². The van der Waals surface area contributed by atoms with Crippen molar-refractivity contribution in [3.8, 4) is 12.3 Å². The van der Waals surface area contributed by atoms with Gasteiger partial charge in [0.25, 0.3) is 0 Å². The molecule has 7 nitrogen and oxygen atoms in total. The highest BCUT2D eigenvalue weighted by molar-refractivity contribution is 7.89. The highest BCUT2D eigenvalue weighted by Crippen LogP contribution is 2.16. The number of aromatic nitrogens is 2. The molecule has 0 aliphatic rings. The predicted octanol–water partition coefficient (Wildman–Crippen LogP) is 0.565. The van der Waals surface area contributed by atoms with E-state index < -0.39 is 10.0 Å². The van der Waals surface area contributed by atoms with Crippen molar-refractivity contribution in [2.24, 2.45) is 5.14 Å². The third kappa shape index (κ3) is 3.97. The minimum atomic E-state index is -3.84. The zero-order valence-electron chi connectivity index (χ0n) is 12.5. The molecule has 0 saturated carbocycles. The maximum absolute atomic E-state index is 12.4. The van der Waals surface area contributed by atoms with Crippen LogP contribution in [0.15, 0.2) is 41.6 Å². The number of amides is 1. The predicted molar refractivity (Wildman–Crippen MR) is 86.0 cm³/mol. The number of benzene rings is 1. The third-order valence-corrected chi connectivity index (χ3v) is 4.05. The Morgan fingerprint density at radius 2 is 2.22 bits per heavy atom. The van der Waals surface area contributed by atoms with E-state index >= 15 is 0 Å². The number of carbonyl (C=O) groups excluding carboxylic acids is 1. The van der Waals surface area contributed by atoms with Crippen molar-refractivity contribution in [3.63, 3.8) is 0 Å². The highest BCUT2D eigenvalue weighted by Gasteiger charge is 2.17. The Labute approximate surface area is 134 Å². The largest absolute Gasteiger partial charge is 0.311 e. The van der Waals surface area contributed by atoms with Crippen LogP contribution in [0.1, 0.15) is 12.5 Å². The van der Waals surface area contributed by atoms with E-state index in [9.17, 15) is 13.2 Å². The monoisotopic (exact) mass is 332 g/mol. The molecule has 0 radical (unpaired) electrons. The molecule has 0 fully saturated rings. The molecule has 1 aromatic heterocycles. The van der Waals surface area contributed by atoms with Crippen molar-refractivity contribution in [1.29, 1.82) is 0 Å². The lowest BCUT2D eigenvalue weighted by Gasteiger charge is -2.21. The zero-order chi connectivity index (χ0) is 17.0. The second-order valence-corrected chi connectivity index (χ2v) is 6.31. The number of rotatable bonds is 5. The van der Waals surface area contributed by atoms with Gasteiger partial charge in [0, 0.05) is 24.0 Å².